The molecule has 1 aromatic rings. The highest BCUT2D eigenvalue weighted by atomic mass is 32.2. The first-order chi connectivity index (χ1) is 8.92. The van der Waals surface area contributed by atoms with Crippen LogP contribution in [0.25, 0.3) is 0 Å². The molecule has 1 atom stereocenters. The lowest BCUT2D eigenvalue weighted by molar-refractivity contribution is 0.461. The zero-order chi connectivity index (χ0) is 12.2. The molecule has 0 amide bonds. The van der Waals surface area contributed by atoms with E-state index in [2.05, 4.69) is 41.3 Å². The van der Waals surface area contributed by atoms with Crippen LogP contribution in [-0.4, -0.2) is 18.3 Å². The minimum absolute atomic E-state index is 0.740. The first-order valence-corrected chi connectivity index (χ1v) is 8.27. The molecule has 1 nitrogen and oxygen atoms in total. The van der Waals surface area contributed by atoms with Gasteiger partial charge in [0.1, 0.15) is 0 Å². The van der Waals surface area contributed by atoms with Crippen molar-refractivity contribution >= 4 is 11.8 Å². The summed E-state index contributed by atoms with van der Waals surface area (Å²) < 4.78 is 0. The third kappa shape index (κ3) is 3.10. The van der Waals surface area contributed by atoms with Crippen LogP contribution in [0.3, 0.4) is 0 Å². The molecular formula is C16H23NS. The molecule has 2 fully saturated rings. The fourth-order valence-corrected chi connectivity index (χ4v) is 4.40. The highest BCUT2D eigenvalue weighted by Gasteiger charge is 2.17. The molecule has 1 aromatic carbocycles. The molecule has 1 saturated carbocycles. The number of nitrogens with one attached hydrogen (secondary N) is 1. The van der Waals surface area contributed by atoms with Crippen molar-refractivity contribution in [3.8, 4) is 0 Å². The first-order valence-electron chi connectivity index (χ1n) is 7.39. The third-order valence-corrected chi connectivity index (χ3v) is 5.60. The molecular weight excluding hydrogens is 238 g/mol. The third-order valence-electron chi connectivity index (χ3n) is 4.25. The van der Waals surface area contributed by atoms with Gasteiger partial charge in [-0.2, -0.15) is 0 Å². The second-order valence-electron chi connectivity index (χ2n) is 5.64. The van der Waals surface area contributed by atoms with Crippen molar-refractivity contribution in [1.82, 2.24) is 5.32 Å². The highest BCUT2D eigenvalue weighted by Crippen LogP contribution is 2.35. The predicted octanol–water partition coefficient (Wildman–Crippen LogP) is 4.19. The van der Waals surface area contributed by atoms with E-state index in [1.807, 2.05) is 0 Å². The molecule has 1 heterocycles. The van der Waals surface area contributed by atoms with Crippen LogP contribution in [0.2, 0.25) is 0 Å². The fraction of sp³-hybridized carbons (Fsp3) is 0.625. The number of benzene rings is 1. The van der Waals surface area contributed by atoms with Gasteiger partial charge in [0.05, 0.1) is 0 Å². The monoisotopic (exact) mass is 261 g/mol. The Morgan fingerprint density at radius 3 is 2.39 bits per heavy atom. The largest absolute Gasteiger partial charge is 0.316 e. The summed E-state index contributed by atoms with van der Waals surface area (Å²) in [5.41, 5.74) is 1.53. The van der Waals surface area contributed by atoms with Crippen molar-refractivity contribution in [3.05, 3.63) is 29.8 Å². The molecule has 18 heavy (non-hydrogen) atoms. The van der Waals surface area contributed by atoms with Crippen LogP contribution < -0.4 is 5.32 Å². The summed E-state index contributed by atoms with van der Waals surface area (Å²) >= 11 is 2.09. The number of hydrogen-bond acceptors (Lipinski definition) is 2. The molecule has 2 heteroatoms. The van der Waals surface area contributed by atoms with Crippen LogP contribution in [-0.2, 0) is 0 Å². The molecule has 0 bridgehead atoms. The second-order valence-corrected chi connectivity index (χ2v) is 7.01. The van der Waals surface area contributed by atoms with Crippen LogP contribution in [0.1, 0.15) is 50.0 Å². The van der Waals surface area contributed by atoms with Crippen LogP contribution in [0.5, 0.6) is 0 Å². The van der Waals surface area contributed by atoms with Crippen molar-refractivity contribution in [1.29, 1.82) is 0 Å². The lowest BCUT2D eigenvalue weighted by Crippen LogP contribution is -2.28. The first kappa shape index (κ1) is 12.6. The predicted molar refractivity (Wildman–Crippen MR) is 79.4 cm³/mol. The zero-order valence-corrected chi connectivity index (χ0v) is 11.8. The maximum Gasteiger partial charge on any atom is 0.00944 e. The van der Waals surface area contributed by atoms with Crippen LogP contribution in [0, 0.1) is 0 Å². The second kappa shape index (κ2) is 6.12. The van der Waals surface area contributed by atoms with Gasteiger partial charge < -0.3 is 5.32 Å². The van der Waals surface area contributed by atoms with E-state index >= 15 is 0 Å². The van der Waals surface area contributed by atoms with Gasteiger partial charge in [0.25, 0.3) is 0 Å². The molecule has 1 aliphatic carbocycles. The maximum atomic E-state index is 3.50. The van der Waals surface area contributed by atoms with Crippen LogP contribution >= 0.6 is 11.8 Å². The molecule has 3 rings (SSSR count). The Bertz CT molecular complexity index is 361. The SMILES string of the molecule is c1cc(C2CCCNC2)ccc1SC1CCCC1. The van der Waals surface area contributed by atoms with E-state index in [1.165, 1.54) is 55.5 Å². The van der Waals surface area contributed by atoms with E-state index in [1.54, 1.807) is 0 Å². The number of rotatable bonds is 3. The maximum absolute atomic E-state index is 3.50. The summed E-state index contributed by atoms with van der Waals surface area (Å²) in [6.45, 7) is 2.36. The topological polar surface area (TPSA) is 12.0 Å². The standard InChI is InChI=1S/C16H23NS/c1-2-6-15(5-1)18-16-9-7-13(8-10-16)14-4-3-11-17-12-14/h7-10,14-15,17H,1-6,11-12H2. The van der Waals surface area contributed by atoms with Crippen molar-refractivity contribution in [2.24, 2.45) is 0 Å². The summed E-state index contributed by atoms with van der Waals surface area (Å²) in [6, 6.07) is 9.39. The lowest BCUT2D eigenvalue weighted by Gasteiger charge is -2.23. The summed E-state index contributed by atoms with van der Waals surface area (Å²) in [6.07, 6.45) is 8.37. The van der Waals surface area contributed by atoms with Gasteiger partial charge in [-0.3, -0.25) is 0 Å². The summed E-state index contributed by atoms with van der Waals surface area (Å²) in [5.74, 6) is 0.740. The summed E-state index contributed by atoms with van der Waals surface area (Å²) in [5, 5.41) is 4.38. The number of thioether (sulfide) groups is 1. The van der Waals surface area contributed by atoms with E-state index < -0.39 is 0 Å². The minimum atomic E-state index is 0.740. The normalized spacial score (nSPS) is 25.4. The van der Waals surface area contributed by atoms with Gasteiger partial charge in [0.15, 0.2) is 0 Å². The quantitative estimate of drug-likeness (QED) is 0.875. The lowest BCUT2D eigenvalue weighted by atomic mass is 9.92. The molecule has 0 radical (unpaired) electrons. The summed E-state index contributed by atoms with van der Waals surface area (Å²) in [4.78, 5) is 1.47. The molecule has 1 aliphatic heterocycles. The van der Waals surface area contributed by atoms with Crippen molar-refractivity contribution in [2.45, 2.75) is 54.6 Å². The number of hydrogen-bond donors (Lipinski definition) is 1. The van der Waals surface area contributed by atoms with Gasteiger partial charge in [-0.25, -0.2) is 0 Å². The smallest absolute Gasteiger partial charge is 0.00944 e. The fourth-order valence-electron chi connectivity index (χ4n) is 3.15. The van der Waals surface area contributed by atoms with Crippen molar-refractivity contribution in [3.63, 3.8) is 0 Å². The van der Waals surface area contributed by atoms with Gasteiger partial charge in [0.2, 0.25) is 0 Å². The van der Waals surface area contributed by atoms with Crippen LogP contribution in [0.15, 0.2) is 29.2 Å². The summed E-state index contributed by atoms with van der Waals surface area (Å²) in [7, 11) is 0. The van der Waals surface area contributed by atoms with E-state index in [-0.39, 0.29) is 0 Å². The molecule has 1 N–H and O–H groups in total. The van der Waals surface area contributed by atoms with Gasteiger partial charge in [0, 0.05) is 16.7 Å². The minimum Gasteiger partial charge on any atom is -0.316 e. The Morgan fingerprint density at radius 2 is 1.72 bits per heavy atom. The van der Waals surface area contributed by atoms with Crippen molar-refractivity contribution in [2.75, 3.05) is 13.1 Å². The van der Waals surface area contributed by atoms with E-state index in [9.17, 15) is 0 Å². The Hall–Kier alpha value is -0.470. The average Bonchev–Trinajstić information content (AvgIpc) is 2.94. The van der Waals surface area contributed by atoms with E-state index in [4.69, 9.17) is 0 Å². The molecule has 0 spiro atoms. The zero-order valence-electron chi connectivity index (χ0n) is 11.0. The Kier molecular flexibility index (Phi) is 4.27. The molecule has 1 unspecified atom stereocenters. The van der Waals surface area contributed by atoms with Gasteiger partial charge in [-0.05, 0) is 55.8 Å². The van der Waals surface area contributed by atoms with E-state index in [0.717, 1.165) is 17.7 Å². The van der Waals surface area contributed by atoms with Gasteiger partial charge in [-0.15, -0.1) is 11.8 Å². The number of piperidine rings is 1. The van der Waals surface area contributed by atoms with E-state index in [0.29, 0.717) is 0 Å². The van der Waals surface area contributed by atoms with Gasteiger partial charge >= 0.3 is 0 Å². The Balaban J connectivity index is 1.60. The molecule has 2 aliphatic rings. The van der Waals surface area contributed by atoms with Gasteiger partial charge in [-0.1, -0.05) is 25.0 Å². The van der Waals surface area contributed by atoms with Crippen LogP contribution in [0.4, 0.5) is 0 Å². The van der Waals surface area contributed by atoms with Crippen molar-refractivity contribution < 1.29 is 0 Å². The molecule has 0 aromatic heterocycles. The average molecular weight is 261 g/mol. The molecule has 1 saturated heterocycles. The Morgan fingerprint density at radius 1 is 0.944 bits per heavy atom. The highest BCUT2D eigenvalue weighted by molar-refractivity contribution is 8.00. The Labute approximate surface area is 115 Å². The molecule has 98 valence electrons.